The van der Waals surface area contributed by atoms with Crippen LogP contribution in [0.15, 0.2) is 0 Å². The predicted molar refractivity (Wildman–Crippen MR) is 40.0 cm³/mol. The van der Waals surface area contributed by atoms with E-state index in [2.05, 4.69) is 15.9 Å². The van der Waals surface area contributed by atoms with E-state index in [0.717, 1.165) is 24.6 Å². The highest BCUT2D eigenvalue weighted by atomic mass is 79.9. The highest BCUT2D eigenvalue weighted by molar-refractivity contribution is 9.09. The minimum Gasteiger partial charge on any atom is -0.461 e. The summed E-state index contributed by atoms with van der Waals surface area (Å²) in [7, 11) is 0. The van der Waals surface area contributed by atoms with Crippen molar-refractivity contribution in [1.29, 1.82) is 0 Å². The van der Waals surface area contributed by atoms with E-state index < -0.39 is 0 Å². The van der Waals surface area contributed by atoms with Crippen molar-refractivity contribution in [3.8, 4) is 0 Å². The average molecular weight is 205 g/mol. The van der Waals surface area contributed by atoms with Crippen molar-refractivity contribution in [2.24, 2.45) is 5.41 Å². The standard InChI is InChI=1S/C7H9BrO2/c8-4-5-3-7(1-2-7)6(9)10-5/h5H,1-4H2/t5-/m0/s1. The van der Waals surface area contributed by atoms with E-state index in [1.54, 1.807) is 0 Å². The molecule has 0 unspecified atom stereocenters. The lowest BCUT2D eigenvalue weighted by molar-refractivity contribution is -0.144. The molecule has 10 heavy (non-hydrogen) atoms. The molecule has 0 amide bonds. The highest BCUT2D eigenvalue weighted by Gasteiger charge is 2.57. The highest BCUT2D eigenvalue weighted by Crippen LogP contribution is 2.54. The number of cyclic esters (lactones) is 1. The molecule has 1 aliphatic carbocycles. The van der Waals surface area contributed by atoms with Gasteiger partial charge in [-0.2, -0.15) is 0 Å². The number of halogens is 1. The monoisotopic (exact) mass is 204 g/mol. The van der Waals surface area contributed by atoms with Gasteiger partial charge in [-0.25, -0.2) is 0 Å². The van der Waals surface area contributed by atoms with Gasteiger partial charge in [-0.05, 0) is 12.8 Å². The Bertz CT molecular complexity index is 174. The van der Waals surface area contributed by atoms with Gasteiger partial charge in [-0.15, -0.1) is 0 Å². The number of ether oxygens (including phenoxy) is 1. The normalized spacial score (nSPS) is 34.5. The Labute approximate surface area is 68.1 Å². The van der Waals surface area contributed by atoms with Gasteiger partial charge in [0, 0.05) is 11.8 Å². The van der Waals surface area contributed by atoms with E-state index in [0.29, 0.717) is 0 Å². The van der Waals surface area contributed by atoms with Crippen LogP contribution in [0.25, 0.3) is 0 Å². The zero-order chi connectivity index (χ0) is 7.19. The van der Waals surface area contributed by atoms with Crippen LogP contribution in [0.2, 0.25) is 0 Å². The van der Waals surface area contributed by atoms with Crippen LogP contribution in [0.5, 0.6) is 0 Å². The number of hydrogen-bond donors (Lipinski definition) is 0. The molecule has 1 aliphatic heterocycles. The number of carbonyl (C=O) groups is 1. The number of hydrogen-bond acceptors (Lipinski definition) is 2. The number of rotatable bonds is 1. The molecule has 0 radical (unpaired) electrons. The lowest BCUT2D eigenvalue weighted by Gasteiger charge is -2.00. The summed E-state index contributed by atoms with van der Waals surface area (Å²) in [4.78, 5) is 11.1. The molecule has 0 aromatic heterocycles. The predicted octanol–water partition coefficient (Wildman–Crippen LogP) is 1.48. The van der Waals surface area contributed by atoms with Gasteiger partial charge in [0.05, 0.1) is 5.41 Å². The Morgan fingerprint density at radius 3 is 2.70 bits per heavy atom. The Morgan fingerprint density at radius 2 is 2.40 bits per heavy atom. The quantitative estimate of drug-likeness (QED) is 0.478. The summed E-state index contributed by atoms with van der Waals surface area (Å²) in [5.41, 5.74) is -0.0154. The molecule has 3 heteroatoms. The molecule has 1 saturated carbocycles. The number of alkyl halides is 1. The van der Waals surface area contributed by atoms with Crippen LogP contribution in [0.4, 0.5) is 0 Å². The van der Waals surface area contributed by atoms with E-state index in [4.69, 9.17) is 4.74 Å². The second-order valence-electron chi connectivity index (χ2n) is 3.17. The Kier molecular flexibility index (Phi) is 1.31. The third-order valence-electron chi connectivity index (χ3n) is 2.35. The summed E-state index contributed by atoms with van der Waals surface area (Å²) in [5, 5.41) is 0.792. The van der Waals surface area contributed by atoms with E-state index >= 15 is 0 Å². The number of carbonyl (C=O) groups excluding carboxylic acids is 1. The van der Waals surface area contributed by atoms with Crippen LogP contribution >= 0.6 is 15.9 Å². The van der Waals surface area contributed by atoms with Crippen molar-refractivity contribution in [3.63, 3.8) is 0 Å². The van der Waals surface area contributed by atoms with Crippen molar-refractivity contribution in [1.82, 2.24) is 0 Å². The minimum absolute atomic E-state index is 0.0154. The Morgan fingerprint density at radius 1 is 1.70 bits per heavy atom. The van der Waals surface area contributed by atoms with Crippen LogP contribution in [-0.4, -0.2) is 17.4 Å². The van der Waals surface area contributed by atoms with E-state index in [1.807, 2.05) is 0 Å². The Hall–Kier alpha value is -0.0500. The average Bonchev–Trinajstić information content (AvgIpc) is 2.60. The van der Waals surface area contributed by atoms with Gasteiger partial charge in [0.2, 0.25) is 0 Å². The first kappa shape index (κ1) is 6.65. The van der Waals surface area contributed by atoms with Crippen LogP contribution in [0.3, 0.4) is 0 Å². The molecule has 2 fully saturated rings. The molecule has 0 aromatic rings. The first-order valence-corrected chi connectivity index (χ1v) is 4.66. The molecule has 2 rings (SSSR count). The molecule has 1 spiro atoms. The third kappa shape index (κ3) is 0.797. The van der Waals surface area contributed by atoms with Gasteiger partial charge >= 0.3 is 5.97 Å². The SMILES string of the molecule is O=C1O[C@H](CBr)CC12CC2. The fourth-order valence-electron chi connectivity index (χ4n) is 1.48. The maximum Gasteiger partial charge on any atom is 0.312 e. The largest absolute Gasteiger partial charge is 0.461 e. The first-order chi connectivity index (χ1) is 4.77. The van der Waals surface area contributed by atoms with Crippen LogP contribution in [-0.2, 0) is 9.53 Å². The topological polar surface area (TPSA) is 26.3 Å². The van der Waals surface area contributed by atoms with Gasteiger partial charge in [-0.1, -0.05) is 15.9 Å². The van der Waals surface area contributed by atoms with Crippen LogP contribution in [0, 0.1) is 5.41 Å². The molecule has 0 N–H and O–H groups in total. The van der Waals surface area contributed by atoms with E-state index in [9.17, 15) is 4.79 Å². The second-order valence-corrected chi connectivity index (χ2v) is 3.81. The lowest BCUT2D eigenvalue weighted by atomic mass is 10.0. The van der Waals surface area contributed by atoms with Gasteiger partial charge < -0.3 is 4.74 Å². The van der Waals surface area contributed by atoms with E-state index in [-0.39, 0.29) is 17.5 Å². The molecular weight excluding hydrogens is 196 g/mol. The summed E-state index contributed by atoms with van der Waals surface area (Å²) in [5.74, 6) is 0.0388. The van der Waals surface area contributed by atoms with Gasteiger partial charge in [0.15, 0.2) is 0 Å². The summed E-state index contributed by atoms with van der Waals surface area (Å²) >= 11 is 3.31. The van der Waals surface area contributed by atoms with Crippen molar-refractivity contribution in [3.05, 3.63) is 0 Å². The molecular formula is C7H9BrO2. The zero-order valence-electron chi connectivity index (χ0n) is 5.60. The smallest absolute Gasteiger partial charge is 0.312 e. The third-order valence-corrected chi connectivity index (χ3v) is 3.07. The van der Waals surface area contributed by atoms with Crippen LogP contribution in [0.1, 0.15) is 19.3 Å². The van der Waals surface area contributed by atoms with Gasteiger partial charge in [-0.3, -0.25) is 4.79 Å². The van der Waals surface area contributed by atoms with Crippen molar-refractivity contribution < 1.29 is 9.53 Å². The maximum atomic E-state index is 11.1. The maximum absolute atomic E-state index is 11.1. The molecule has 0 bridgehead atoms. The summed E-state index contributed by atoms with van der Waals surface area (Å²) in [6, 6.07) is 0. The summed E-state index contributed by atoms with van der Waals surface area (Å²) in [6.45, 7) is 0. The minimum atomic E-state index is -0.0154. The fourth-order valence-corrected chi connectivity index (χ4v) is 1.84. The molecule has 2 aliphatic rings. The lowest BCUT2D eigenvalue weighted by Crippen LogP contribution is -2.07. The zero-order valence-corrected chi connectivity index (χ0v) is 7.19. The summed E-state index contributed by atoms with van der Waals surface area (Å²) < 4.78 is 5.10. The van der Waals surface area contributed by atoms with Gasteiger partial charge in [0.25, 0.3) is 0 Å². The molecule has 1 heterocycles. The van der Waals surface area contributed by atoms with Gasteiger partial charge in [0.1, 0.15) is 6.10 Å². The Balaban J connectivity index is 2.08. The molecule has 0 aromatic carbocycles. The van der Waals surface area contributed by atoms with Crippen LogP contribution < -0.4 is 0 Å². The van der Waals surface area contributed by atoms with Crippen molar-refractivity contribution >= 4 is 21.9 Å². The summed E-state index contributed by atoms with van der Waals surface area (Å²) in [6.07, 6.45) is 3.19. The number of esters is 1. The molecule has 2 nitrogen and oxygen atoms in total. The van der Waals surface area contributed by atoms with Crippen molar-refractivity contribution in [2.75, 3.05) is 5.33 Å². The fraction of sp³-hybridized carbons (Fsp3) is 0.857. The van der Waals surface area contributed by atoms with Crippen molar-refractivity contribution in [2.45, 2.75) is 25.4 Å². The second kappa shape index (κ2) is 1.97. The molecule has 56 valence electrons. The first-order valence-electron chi connectivity index (χ1n) is 3.54. The van der Waals surface area contributed by atoms with E-state index in [1.165, 1.54) is 0 Å². The molecule has 1 saturated heterocycles. The molecule has 1 atom stereocenters.